The molecular weight excluding hydrogens is 443 g/mol. The number of carbonyl (C=O) groups excluding carboxylic acids is 1. The van der Waals surface area contributed by atoms with Crippen LogP contribution < -0.4 is 5.32 Å². The summed E-state index contributed by atoms with van der Waals surface area (Å²) in [6, 6.07) is 11.2. The van der Waals surface area contributed by atoms with Gasteiger partial charge in [-0.15, -0.1) is 0 Å². The molecule has 0 radical (unpaired) electrons. The van der Waals surface area contributed by atoms with E-state index in [1.54, 1.807) is 41.9 Å². The topological polar surface area (TPSA) is 67.2 Å². The molecular formula is C23H23ClF3N3O2. The molecule has 0 fully saturated rings. The van der Waals surface area contributed by atoms with Crippen molar-refractivity contribution in [1.82, 2.24) is 15.1 Å². The van der Waals surface area contributed by atoms with Gasteiger partial charge in [-0.1, -0.05) is 23.7 Å². The van der Waals surface area contributed by atoms with Crippen LogP contribution in [0.25, 0.3) is 5.69 Å². The van der Waals surface area contributed by atoms with Crippen LogP contribution in [0.2, 0.25) is 5.02 Å². The minimum absolute atomic E-state index is 0.0315. The molecule has 1 aromatic heterocycles. The van der Waals surface area contributed by atoms with Crippen molar-refractivity contribution in [3.05, 3.63) is 82.1 Å². The third-order valence-electron chi connectivity index (χ3n) is 5.15. The third kappa shape index (κ3) is 5.69. The lowest BCUT2D eigenvalue weighted by atomic mass is 9.98. The first-order valence-electron chi connectivity index (χ1n) is 10.1. The van der Waals surface area contributed by atoms with Crippen LogP contribution in [-0.2, 0) is 6.18 Å². The van der Waals surface area contributed by atoms with Crippen molar-refractivity contribution in [2.45, 2.75) is 38.4 Å². The number of nitrogens with zero attached hydrogens (tertiary/aromatic N) is 2. The molecule has 3 rings (SSSR count). The van der Waals surface area contributed by atoms with E-state index in [0.717, 1.165) is 17.8 Å². The Hall–Kier alpha value is -2.84. The number of rotatable bonds is 8. The highest BCUT2D eigenvalue weighted by Crippen LogP contribution is 2.32. The highest BCUT2D eigenvalue weighted by molar-refractivity contribution is 6.30. The average Bonchev–Trinajstić information content (AvgIpc) is 3.14. The maximum atomic E-state index is 13.2. The Labute approximate surface area is 188 Å². The number of benzene rings is 2. The summed E-state index contributed by atoms with van der Waals surface area (Å²) in [5.41, 5.74) is 1.21. The van der Waals surface area contributed by atoms with Crippen molar-refractivity contribution in [3.8, 4) is 5.69 Å². The highest BCUT2D eigenvalue weighted by atomic mass is 35.5. The number of aromatic nitrogens is 2. The molecule has 2 aromatic carbocycles. The molecule has 0 saturated heterocycles. The Kier molecular flexibility index (Phi) is 7.58. The number of hydrogen-bond acceptors (Lipinski definition) is 3. The number of hydrogen-bond donors (Lipinski definition) is 2. The minimum atomic E-state index is -4.48. The lowest BCUT2D eigenvalue weighted by Crippen LogP contribution is -2.29. The predicted molar refractivity (Wildman–Crippen MR) is 116 cm³/mol. The summed E-state index contributed by atoms with van der Waals surface area (Å²) in [7, 11) is 0. The van der Waals surface area contributed by atoms with Gasteiger partial charge in [-0.05, 0) is 68.1 Å². The Morgan fingerprint density at radius 1 is 1.19 bits per heavy atom. The molecule has 1 atom stereocenters. The molecule has 5 nitrogen and oxygen atoms in total. The summed E-state index contributed by atoms with van der Waals surface area (Å²) in [5.74, 6) is -0.436. The van der Waals surface area contributed by atoms with E-state index in [1.807, 2.05) is 0 Å². The molecule has 3 aromatic rings. The molecule has 0 saturated carbocycles. The number of amides is 1. The van der Waals surface area contributed by atoms with Gasteiger partial charge in [0.2, 0.25) is 0 Å². The maximum Gasteiger partial charge on any atom is 0.416 e. The van der Waals surface area contributed by atoms with Crippen LogP contribution in [0, 0.1) is 6.92 Å². The summed E-state index contributed by atoms with van der Waals surface area (Å²) in [4.78, 5) is 13.0. The number of aliphatic hydroxyl groups is 1. The first-order chi connectivity index (χ1) is 15.2. The second kappa shape index (κ2) is 10.2. The van der Waals surface area contributed by atoms with E-state index in [1.165, 1.54) is 12.3 Å². The second-order valence-corrected chi connectivity index (χ2v) is 7.84. The lowest BCUT2D eigenvalue weighted by Gasteiger charge is -2.20. The van der Waals surface area contributed by atoms with Crippen molar-refractivity contribution in [2.24, 2.45) is 0 Å². The van der Waals surface area contributed by atoms with Gasteiger partial charge in [-0.2, -0.15) is 18.3 Å². The van der Waals surface area contributed by atoms with Crippen LogP contribution in [0.1, 0.15) is 52.5 Å². The van der Waals surface area contributed by atoms with E-state index in [-0.39, 0.29) is 6.61 Å². The van der Waals surface area contributed by atoms with Crippen molar-refractivity contribution >= 4 is 17.5 Å². The molecule has 2 N–H and O–H groups in total. The fourth-order valence-electron chi connectivity index (χ4n) is 3.43. The molecule has 1 heterocycles. The van der Waals surface area contributed by atoms with Crippen molar-refractivity contribution < 1.29 is 23.1 Å². The zero-order chi connectivity index (χ0) is 23.3. The molecule has 1 amide bonds. The number of alkyl halides is 3. The molecule has 32 heavy (non-hydrogen) atoms. The van der Waals surface area contributed by atoms with E-state index in [2.05, 4.69) is 10.4 Å². The van der Waals surface area contributed by atoms with Crippen LogP contribution in [0.4, 0.5) is 13.2 Å². The quantitative estimate of drug-likeness (QED) is 0.432. The van der Waals surface area contributed by atoms with E-state index < -0.39 is 23.7 Å². The van der Waals surface area contributed by atoms with Gasteiger partial charge in [0.25, 0.3) is 5.91 Å². The summed E-state index contributed by atoms with van der Waals surface area (Å²) in [5, 5.41) is 16.8. The van der Waals surface area contributed by atoms with Crippen LogP contribution >= 0.6 is 11.6 Å². The number of carbonyl (C=O) groups is 1. The highest BCUT2D eigenvalue weighted by Gasteiger charge is 2.31. The van der Waals surface area contributed by atoms with Gasteiger partial charge in [0.15, 0.2) is 0 Å². The Morgan fingerprint density at radius 3 is 2.56 bits per heavy atom. The Balaban J connectivity index is 1.85. The van der Waals surface area contributed by atoms with Gasteiger partial charge in [0.05, 0.1) is 34.7 Å². The van der Waals surface area contributed by atoms with Gasteiger partial charge in [0, 0.05) is 11.6 Å². The van der Waals surface area contributed by atoms with Crippen molar-refractivity contribution in [1.29, 1.82) is 0 Å². The summed E-state index contributed by atoms with van der Waals surface area (Å²) < 4.78 is 41.1. The van der Waals surface area contributed by atoms with Crippen molar-refractivity contribution in [2.75, 3.05) is 6.61 Å². The second-order valence-electron chi connectivity index (χ2n) is 7.40. The van der Waals surface area contributed by atoms with Crippen LogP contribution in [0.5, 0.6) is 0 Å². The molecule has 1 unspecified atom stereocenters. The van der Waals surface area contributed by atoms with Gasteiger partial charge >= 0.3 is 6.18 Å². The number of nitrogens with one attached hydrogen (secondary N) is 1. The summed E-state index contributed by atoms with van der Waals surface area (Å²) in [6.45, 7) is 1.71. The fraction of sp³-hybridized carbons (Fsp3) is 0.304. The molecule has 9 heteroatoms. The molecule has 0 aliphatic rings. The van der Waals surface area contributed by atoms with Gasteiger partial charge < -0.3 is 10.4 Å². The first kappa shape index (κ1) is 23.8. The molecule has 170 valence electrons. The standard InChI is InChI=1S/C23H23ClF3N3O2/c1-15-20(14-28-30(15)19-10-8-18(24)9-11-19)22(32)29-21(7-2-3-12-31)16-5-4-6-17(13-16)23(25,26)27/h4-6,8-11,13-14,21,31H,2-3,7,12H2,1H3,(H,29,32). The van der Waals surface area contributed by atoms with Crippen LogP contribution in [-0.4, -0.2) is 27.4 Å². The molecule has 0 aliphatic heterocycles. The summed E-state index contributed by atoms with van der Waals surface area (Å²) >= 11 is 5.92. The number of unbranched alkanes of at least 4 members (excludes halogenated alkanes) is 1. The van der Waals surface area contributed by atoms with Gasteiger partial charge in [0.1, 0.15) is 0 Å². The van der Waals surface area contributed by atoms with Crippen molar-refractivity contribution in [3.63, 3.8) is 0 Å². The van der Waals surface area contributed by atoms with Crippen LogP contribution in [0.3, 0.4) is 0 Å². The average molecular weight is 466 g/mol. The Bertz CT molecular complexity index is 1070. The lowest BCUT2D eigenvalue weighted by molar-refractivity contribution is -0.137. The molecule has 0 bridgehead atoms. The fourth-order valence-corrected chi connectivity index (χ4v) is 3.55. The van der Waals surface area contributed by atoms with Gasteiger partial charge in [-0.3, -0.25) is 4.79 Å². The monoisotopic (exact) mass is 465 g/mol. The largest absolute Gasteiger partial charge is 0.416 e. The maximum absolute atomic E-state index is 13.2. The molecule has 0 spiro atoms. The van der Waals surface area contributed by atoms with E-state index in [9.17, 15) is 18.0 Å². The first-order valence-corrected chi connectivity index (χ1v) is 10.5. The SMILES string of the molecule is Cc1c(C(=O)NC(CCCCO)c2cccc(C(F)(F)F)c2)cnn1-c1ccc(Cl)cc1. The zero-order valence-corrected chi connectivity index (χ0v) is 18.1. The minimum Gasteiger partial charge on any atom is -0.396 e. The molecule has 0 aliphatic carbocycles. The smallest absolute Gasteiger partial charge is 0.396 e. The predicted octanol–water partition coefficient (Wildman–Crippen LogP) is 5.49. The number of aliphatic hydroxyl groups excluding tert-OH is 1. The zero-order valence-electron chi connectivity index (χ0n) is 17.4. The van der Waals surface area contributed by atoms with Gasteiger partial charge in [-0.25, -0.2) is 4.68 Å². The normalized spacial score (nSPS) is 12.6. The Morgan fingerprint density at radius 2 is 1.91 bits per heavy atom. The van der Waals surface area contributed by atoms with E-state index >= 15 is 0 Å². The van der Waals surface area contributed by atoms with Crippen LogP contribution in [0.15, 0.2) is 54.7 Å². The third-order valence-corrected chi connectivity index (χ3v) is 5.40. The van der Waals surface area contributed by atoms with E-state index in [0.29, 0.717) is 41.1 Å². The number of halogens is 4. The summed E-state index contributed by atoms with van der Waals surface area (Å²) in [6.07, 6.45) is -1.64. The van der Waals surface area contributed by atoms with E-state index in [4.69, 9.17) is 16.7 Å².